The van der Waals surface area contributed by atoms with Gasteiger partial charge in [0.15, 0.2) is 0 Å². The number of nitrogens with zero attached hydrogens (tertiary/aromatic N) is 1. The van der Waals surface area contributed by atoms with Crippen molar-refractivity contribution < 1.29 is 9.53 Å². The summed E-state index contributed by atoms with van der Waals surface area (Å²) < 4.78 is 4.84. The van der Waals surface area contributed by atoms with Gasteiger partial charge in [-0.05, 0) is 12.3 Å². The normalized spacial score (nSPS) is 17.9. The van der Waals surface area contributed by atoms with Crippen LogP contribution >= 0.6 is 0 Å². The fourth-order valence-electron chi connectivity index (χ4n) is 1.43. The largest absolute Gasteiger partial charge is 0.383 e. The molecule has 1 amide bonds. The standard InChI is InChI=1S/C10H20N2O2/c1-12(6-5-8-3-4-8)10(13)9(11)7-14-2/h8-9H,3-7,11H2,1-2H3. The van der Waals surface area contributed by atoms with E-state index in [0.29, 0.717) is 6.61 Å². The first-order valence-corrected chi connectivity index (χ1v) is 5.14. The maximum absolute atomic E-state index is 11.6. The Hall–Kier alpha value is -0.610. The topological polar surface area (TPSA) is 55.6 Å². The Morgan fingerprint density at radius 1 is 1.64 bits per heavy atom. The lowest BCUT2D eigenvalue weighted by atomic mass is 10.2. The van der Waals surface area contributed by atoms with E-state index in [1.54, 1.807) is 19.1 Å². The van der Waals surface area contributed by atoms with Crippen LogP contribution in [0.3, 0.4) is 0 Å². The Morgan fingerprint density at radius 2 is 2.29 bits per heavy atom. The van der Waals surface area contributed by atoms with Crippen molar-refractivity contribution in [3.63, 3.8) is 0 Å². The molecule has 14 heavy (non-hydrogen) atoms. The lowest BCUT2D eigenvalue weighted by Gasteiger charge is -2.20. The van der Waals surface area contributed by atoms with Crippen molar-refractivity contribution in [3.8, 4) is 0 Å². The molecule has 1 unspecified atom stereocenters. The molecule has 0 heterocycles. The molecule has 0 aromatic heterocycles. The minimum Gasteiger partial charge on any atom is -0.383 e. The maximum Gasteiger partial charge on any atom is 0.241 e. The molecule has 82 valence electrons. The van der Waals surface area contributed by atoms with Crippen LogP contribution in [0, 0.1) is 5.92 Å². The molecule has 0 aliphatic heterocycles. The van der Waals surface area contributed by atoms with Crippen molar-refractivity contribution in [2.75, 3.05) is 27.3 Å². The summed E-state index contributed by atoms with van der Waals surface area (Å²) in [5, 5.41) is 0. The van der Waals surface area contributed by atoms with Gasteiger partial charge in [-0.2, -0.15) is 0 Å². The van der Waals surface area contributed by atoms with E-state index in [0.717, 1.165) is 18.9 Å². The van der Waals surface area contributed by atoms with E-state index in [1.807, 2.05) is 0 Å². The van der Waals surface area contributed by atoms with Crippen molar-refractivity contribution in [1.82, 2.24) is 4.90 Å². The molecule has 1 fully saturated rings. The molecule has 0 aromatic carbocycles. The second kappa shape index (κ2) is 5.32. The van der Waals surface area contributed by atoms with Gasteiger partial charge in [0.05, 0.1) is 6.61 Å². The Bertz CT molecular complexity index is 193. The van der Waals surface area contributed by atoms with Crippen LogP contribution in [-0.2, 0) is 9.53 Å². The van der Waals surface area contributed by atoms with E-state index in [4.69, 9.17) is 10.5 Å². The van der Waals surface area contributed by atoms with Gasteiger partial charge >= 0.3 is 0 Å². The Morgan fingerprint density at radius 3 is 2.79 bits per heavy atom. The smallest absolute Gasteiger partial charge is 0.241 e. The number of nitrogens with two attached hydrogens (primary N) is 1. The fraction of sp³-hybridized carbons (Fsp3) is 0.900. The van der Waals surface area contributed by atoms with Gasteiger partial charge in [0.25, 0.3) is 0 Å². The minimum atomic E-state index is -0.510. The van der Waals surface area contributed by atoms with Gasteiger partial charge in [0, 0.05) is 20.7 Å². The Balaban J connectivity index is 2.19. The number of likely N-dealkylation sites (N-methyl/N-ethyl adjacent to an activating group) is 1. The van der Waals surface area contributed by atoms with Gasteiger partial charge in [-0.1, -0.05) is 12.8 Å². The van der Waals surface area contributed by atoms with Crippen LogP contribution in [0.15, 0.2) is 0 Å². The van der Waals surface area contributed by atoms with Gasteiger partial charge in [0.2, 0.25) is 5.91 Å². The lowest BCUT2D eigenvalue weighted by molar-refractivity contribution is -0.132. The molecule has 4 heteroatoms. The number of ether oxygens (including phenoxy) is 1. The van der Waals surface area contributed by atoms with Crippen molar-refractivity contribution in [2.45, 2.75) is 25.3 Å². The van der Waals surface area contributed by atoms with Crippen LogP contribution in [-0.4, -0.2) is 44.2 Å². The molecule has 0 saturated heterocycles. The molecule has 1 rings (SSSR count). The molecule has 0 aromatic rings. The van der Waals surface area contributed by atoms with Crippen LogP contribution < -0.4 is 5.73 Å². The highest BCUT2D eigenvalue weighted by Gasteiger charge is 2.23. The summed E-state index contributed by atoms with van der Waals surface area (Å²) >= 11 is 0. The highest BCUT2D eigenvalue weighted by Crippen LogP contribution is 2.32. The first-order chi connectivity index (χ1) is 6.65. The quantitative estimate of drug-likeness (QED) is 0.667. The summed E-state index contributed by atoms with van der Waals surface area (Å²) in [6, 6.07) is -0.510. The average molecular weight is 200 g/mol. The zero-order chi connectivity index (χ0) is 10.6. The molecular weight excluding hydrogens is 180 g/mol. The second-order valence-electron chi connectivity index (χ2n) is 4.05. The predicted octanol–water partition coefficient (Wildman–Crippen LogP) is 0.219. The minimum absolute atomic E-state index is 0.0208. The maximum atomic E-state index is 11.6. The van der Waals surface area contributed by atoms with Crippen molar-refractivity contribution >= 4 is 5.91 Å². The molecule has 0 spiro atoms. The summed E-state index contributed by atoms with van der Waals surface area (Å²) in [6.07, 6.45) is 3.76. The van der Waals surface area contributed by atoms with Crippen LogP contribution in [0.25, 0.3) is 0 Å². The Kier molecular flexibility index (Phi) is 4.35. The molecule has 1 aliphatic carbocycles. The summed E-state index contributed by atoms with van der Waals surface area (Å²) in [5.74, 6) is 0.830. The summed E-state index contributed by atoms with van der Waals surface area (Å²) in [7, 11) is 3.36. The number of carbonyl (C=O) groups is 1. The van der Waals surface area contributed by atoms with Crippen molar-refractivity contribution in [1.29, 1.82) is 0 Å². The van der Waals surface area contributed by atoms with Crippen LogP contribution in [0.1, 0.15) is 19.3 Å². The molecule has 1 atom stereocenters. The molecule has 2 N–H and O–H groups in total. The van der Waals surface area contributed by atoms with E-state index in [9.17, 15) is 4.79 Å². The summed E-state index contributed by atoms with van der Waals surface area (Å²) in [5.41, 5.74) is 5.63. The second-order valence-corrected chi connectivity index (χ2v) is 4.05. The van der Waals surface area contributed by atoms with Crippen LogP contribution in [0.5, 0.6) is 0 Å². The average Bonchev–Trinajstić information content (AvgIpc) is 2.97. The van der Waals surface area contributed by atoms with E-state index in [-0.39, 0.29) is 5.91 Å². The fourth-order valence-corrected chi connectivity index (χ4v) is 1.43. The van der Waals surface area contributed by atoms with Crippen molar-refractivity contribution in [3.05, 3.63) is 0 Å². The van der Waals surface area contributed by atoms with Gasteiger partial charge in [0.1, 0.15) is 6.04 Å². The van der Waals surface area contributed by atoms with Gasteiger partial charge in [-0.15, -0.1) is 0 Å². The van der Waals surface area contributed by atoms with E-state index in [1.165, 1.54) is 12.8 Å². The molecule has 1 aliphatic rings. The monoisotopic (exact) mass is 200 g/mol. The third-order valence-corrected chi connectivity index (χ3v) is 2.61. The molecule has 0 radical (unpaired) electrons. The number of rotatable bonds is 6. The third kappa shape index (κ3) is 3.64. The zero-order valence-electron chi connectivity index (χ0n) is 9.03. The van der Waals surface area contributed by atoms with E-state index < -0.39 is 6.04 Å². The third-order valence-electron chi connectivity index (χ3n) is 2.61. The summed E-state index contributed by atoms with van der Waals surface area (Å²) in [4.78, 5) is 13.3. The Labute approximate surface area is 85.4 Å². The lowest BCUT2D eigenvalue weighted by Crippen LogP contribution is -2.44. The molecule has 4 nitrogen and oxygen atoms in total. The van der Waals surface area contributed by atoms with Crippen LogP contribution in [0.2, 0.25) is 0 Å². The van der Waals surface area contributed by atoms with E-state index >= 15 is 0 Å². The first-order valence-electron chi connectivity index (χ1n) is 5.14. The highest BCUT2D eigenvalue weighted by atomic mass is 16.5. The highest BCUT2D eigenvalue weighted by molar-refractivity contribution is 5.81. The first kappa shape index (κ1) is 11.5. The number of amides is 1. The summed E-state index contributed by atoms with van der Waals surface area (Å²) in [6.45, 7) is 1.12. The van der Waals surface area contributed by atoms with Gasteiger partial charge in [-0.3, -0.25) is 4.79 Å². The van der Waals surface area contributed by atoms with Crippen LogP contribution in [0.4, 0.5) is 0 Å². The van der Waals surface area contributed by atoms with E-state index in [2.05, 4.69) is 0 Å². The number of hydrogen-bond donors (Lipinski definition) is 1. The van der Waals surface area contributed by atoms with Crippen molar-refractivity contribution in [2.24, 2.45) is 11.7 Å². The predicted molar refractivity (Wildman–Crippen MR) is 54.8 cm³/mol. The number of carbonyl (C=O) groups excluding carboxylic acids is 1. The number of hydrogen-bond acceptors (Lipinski definition) is 3. The molecule has 0 bridgehead atoms. The molecule has 1 saturated carbocycles. The zero-order valence-corrected chi connectivity index (χ0v) is 9.03. The van der Waals surface area contributed by atoms with Gasteiger partial charge < -0.3 is 15.4 Å². The number of methoxy groups -OCH3 is 1. The van der Waals surface area contributed by atoms with Gasteiger partial charge in [-0.25, -0.2) is 0 Å². The molecular formula is C10H20N2O2. The SMILES string of the molecule is COCC(N)C(=O)N(C)CCC1CC1.